The van der Waals surface area contributed by atoms with Gasteiger partial charge < -0.3 is 11.5 Å². The van der Waals surface area contributed by atoms with E-state index < -0.39 is 4.92 Å². The predicted molar refractivity (Wildman–Crippen MR) is 143 cm³/mol. The Hall–Kier alpha value is -2.38. The number of non-ortho nitro benzene ring substituents is 1. The van der Waals surface area contributed by atoms with Gasteiger partial charge in [0, 0.05) is 32.5 Å². The molecule has 0 aliphatic heterocycles. The lowest BCUT2D eigenvalue weighted by molar-refractivity contribution is -0.384. The van der Waals surface area contributed by atoms with Crippen molar-refractivity contribution in [2.45, 2.75) is 45.4 Å². The van der Waals surface area contributed by atoms with Crippen LogP contribution in [0.4, 0.5) is 17.1 Å². The largest absolute Gasteiger partial charge is 0.399 e. The van der Waals surface area contributed by atoms with Crippen molar-refractivity contribution in [1.82, 2.24) is 0 Å². The fourth-order valence-electron chi connectivity index (χ4n) is 3.17. The summed E-state index contributed by atoms with van der Waals surface area (Å²) in [6.07, 6.45) is 5.48. The molecule has 1 saturated carbocycles. The van der Waals surface area contributed by atoms with E-state index in [4.69, 9.17) is 11.5 Å². The van der Waals surface area contributed by atoms with E-state index >= 15 is 0 Å². The number of nitro benzene ring substituents is 1. The first kappa shape index (κ1) is 27.7. The molecule has 7 heteroatoms. The van der Waals surface area contributed by atoms with Crippen molar-refractivity contribution in [1.29, 1.82) is 0 Å². The number of halogens is 2. The molecule has 172 valence electrons. The van der Waals surface area contributed by atoms with Crippen LogP contribution in [0, 0.1) is 10.1 Å². The van der Waals surface area contributed by atoms with E-state index in [9.17, 15) is 10.1 Å². The number of nitro groups is 1. The van der Waals surface area contributed by atoms with Crippen LogP contribution in [-0.2, 0) is 0 Å². The Balaban J connectivity index is 0.000000235. The lowest BCUT2D eigenvalue weighted by Crippen LogP contribution is -1.93. The van der Waals surface area contributed by atoms with E-state index in [1.807, 2.05) is 44.2 Å². The van der Waals surface area contributed by atoms with Crippen molar-refractivity contribution in [2.24, 2.45) is 0 Å². The van der Waals surface area contributed by atoms with E-state index in [-0.39, 0.29) is 5.69 Å². The van der Waals surface area contributed by atoms with E-state index in [1.165, 1.54) is 43.4 Å². The summed E-state index contributed by atoms with van der Waals surface area (Å²) in [5, 5.41) is 10.1. The number of nitrogens with zero attached hydrogens (tertiary/aromatic N) is 1. The van der Waals surface area contributed by atoms with Crippen molar-refractivity contribution >= 4 is 48.9 Å². The van der Waals surface area contributed by atoms with Gasteiger partial charge in [0.05, 0.1) is 4.92 Å². The van der Waals surface area contributed by atoms with Gasteiger partial charge in [-0.2, -0.15) is 0 Å². The van der Waals surface area contributed by atoms with E-state index in [1.54, 1.807) is 12.1 Å². The second kappa shape index (κ2) is 15.4. The first-order valence-electron chi connectivity index (χ1n) is 10.6. The normalized spacial score (nSPS) is 12.2. The summed E-state index contributed by atoms with van der Waals surface area (Å²) in [6, 6.07) is 22.2. The summed E-state index contributed by atoms with van der Waals surface area (Å²) in [4.78, 5) is 9.71. The van der Waals surface area contributed by atoms with Gasteiger partial charge in [-0.05, 0) is 60.7 Å². The van der Waals surface area contributed by atoms with E-state index in [2.05, 4.69) is 50.1 Å². The summed E-state index contributed by atoms with van der Waals surface area (Å²) in [5.74, 6) is 0.786. The average Bonchev–Trinajstić information content (AvgIpc) is 3.31. The van der Waals surface area contributed by atoms with Crippen LogP contribution in [0.25, 0.3) is 0 Å². The van der Waals surface area contributed by atoms with Crippen molar-refractivity contribution in [3.05, 3.63) is 97.4 Å². The van der Waals surface area contributed by atoms with Gasteiger partial charge in [0.15, 0.2) is 0 Å². The summed E-state index contributed by atoms with van der Waals surface area (Å²) in [6.45, 7) is 4.00. The van der Waals surface area contributed by atoms with Gasteiger partial charge in [0.2, 0.25) is 0 Å². The maximum atomic E-state index is 10.1. The highest BCUT2D eigenvalue weighted by Gasteiger charge is 2.16. The van der Waals surface area contributed by atoms with Gasteiger partial charge in [0.1, 0.15) is 0 Å². The molecule has 0 heterocycles. The molecule has 4 N–H and O–H groups in total. The van der Waals surface area contributed by atoms with Gasteiger partial charge in [0.25, 0.3) is 5.69 Å². The molecule has 0 saturated heterocycles. The van der Waals surface area contributed by atoms with Crippen LogP contribution in [-0.4, -0.2) is 4.92 Å². The number of nitrogen functional groups attached to an aromatic ring is 2. The highest BCUT2D eigenvalue weighted by atomic mass is 79.9. The van der Waals surface area contributed by atoms with Crippen molar-refractivity contribution < 1.29 is 4.92 Å². The molecule has 0 bridgehead atoms. The number of benzene rings is 3. The zero-order valence-corrected chi connectivity index (χ0v) is 21.7. The van der Waals surface area contributed by atoms with Crippen molar-refractivity contribution in [3.63, 3.8) is 0 Å². The fourth-order valence-corrected chi connectivity index (χ4v) is 3.97. The van der Waals surface area contributed by atoms with Crippen molar-refractivity contribution in [2.75, 3.05) is 11.5 Å². The summed E-state index contributed by atoms with van der Waals surface area (Å²) >= 11 is 6.41. The molecule has 32 heavy (non-hydrogen) atoms. The Labute approximate surface area is 207 Å². The maximum Gasteiger partial charge on any atom is 0.270 e. The minimum atomic E-state index is -0.426. The monoisotopic (exact) mass is 563 g/mol. The third kappa shape index (κ3) is 10.8. The minimum Gasteiger partial charge on any atom is -0.399 e. The Morgan fingerprint density at radius 2 is 1.31 bits per heavy atom. The second-order valence-corrected chi connectivity index (χ2v) is 8.77. The zero-order valence-electron chi connectivity index (χ0n) is 18.5. The quantitative estimate of drug-likeness (QED) is 0.186. The van der Waals surface area contributed by atoms with Crippen LogP contribution in [0.3, 0.4) is 0 Å². The van der Waals surface area contributed by atoms with Crippen LogP contribution < -0.4 is 11.5 Å². The van der Waals surface area contributed by atoms with Crippen molar-refractivity contribution in [3.8, 4) is 0 Å². The summed E-state index contributed by atoms with van der Waals surface area (Å²) in [7, 11) is 0. The fraction of sp³-hybridized carbons (Fsp3) is 0.280. The number of rotatable bonds is 2. The molecule has 5 nitrogen and oxygen atoms in total. The average molecular weight is 565 g/mol. The first-order chi connectivity index (χ1) is 15.3. The Morgan fingerprint density at radius 1 is 0.812 bits per heavy atom. The van der Waals surface area contributed by atoms with Crippen LogP contribution in [0.15, 0.2) is 81.7 Å². The predicted octanol–water partition coefficient (Wildman–Crippen LogP) is 8.34. The molecule has 0 spiro atoms. The Morgan fingerprint density at radius 3 is 1.72 bits per heavy atom. The number of hydrogen-bond donors (Lipinski definition) is 2. The van der Waals surface area contributed by atoms with Crippen LogP contribution in [0.5, 0.6) is 0 Å². The highest BCUT2D eigenvalue weighted by Crippen LogP contribution is 2.34. The summed E-state index contributed by atoms with van der Waals surface area (Å²) in [5.41, 5.74) is 14.4. The van der Waals surface area contributed by atoms with Crippen LogP contribution in [0.2, 0.25) is 0 Å². The standard InChI is InChI=1S/C11H15N.C6H4BrNO2.C6H6BrN.C2H6/c12-11-7-3-6-10(8-11)9-4-1-2-5-9;7-5-2-1-3-6(4-5)8(9)10;7-5-2-1-3-6(8)4-5;1-2/h3,6-9H,1-2,4-5,12H2;1-4H;1-4H,8H2;1-2H3. The molecule has 0 atom stereocenters. The molecule has 1 fully saturated rings. The maximum absolute atomic E-state index is 10.1. The van der Waals surface area contributed by atoms with Crippen LogP contribution in [0.1, 0.15) is 51.0 Å². The van der Waals surface area contributed by atoms with E-state index in [0.29, 0.717) is 0 Å². The van der Waals surface area contributed by atoms with Gasteiger partial charge in [-0.3, -0.25) is 10.1 Å². The molecule has 4 rings (SSSR count). The Kier molecular flexibility index (Phi) is 13.3. The molecule has 0 amide bonds. The molecular formula is C25H31Br2N3O2. The molecule has 0 unspecified atom stereocenters. The highest BCUT2D eigenvalue weighted by molar-refractivity contribution is 9.10. The minimum absolute atomic E-state index is 0.106. The first-order valence-corrected chi connectivity index (χ1v) is 12.2. The van der Waals surface area contributed by atoms with Gasteiger partial charge in [-0.1, -0.05) is 82.8 Å². The number of anilines is 2. The molecule has 0 radical (unpaired) electrons. The third-order valence-electron chi connectivity index (χ3n) is 4.60. The molecule has 1 aliphatic rings. The molecule has 3 aromatic carbocycles. The van der Waals surface area contributed by atoms with Gasteiger partial charge in [-0.15, -0.1) is 0 Å². The van der Waals surface area contributed by atoms with Gasteiger partial charge >= 0.3 is 0 Å². The molecular weight excluding hydrogens is 534 g/mol. The zero-order chi connectivity index (χ0) is 23.9. The smallest absolute Gasteiger partial charge is 0.270 e. The van der Waals surface area contributed by atoms with E-state index in [0.717, 1.165) is 26.2 Å². The topological polar surface area (TPSA) is 95.2 Å². The molecule has 1 aliphatic carbocycles. The third-order valence-corrected chi connectivity index (χ3v) is 5.59. The lowest BCUT2D eigenvalue weighted by Gasteiger charge is -2.09. The van der Waals surface area contributed by atoms with Crippen LogP contribution >= 0.6 is 31.9 Å². The molecule has 3 aromatic rings. The number of hydrogen-bond acceptors (Lipinski definition) is 4. The number of nitrogens with two attached hydrogens (primary N) is 2. The lowest BCUT2D eigenvalue weighted by atomic mass is 9.97. The van der Waals surface area contributed by atoms with Gasteiger partial charge in [-0.25, -0.2) is 0 Å². The summed E-state index contributed by atoms with van der Waals surface area (Å²) < 4.78 is 1.75. The Bertz CT molecular complexity index is 944. The second-order valence-electron chi connectivity index (χ2n) is 6.94. The molecule has 0 aromatic heterocycles. The SMILES string of the molecule is CC.Nc1cccc(Br)c1.Nc1cccc(C2CCCC2)c1.O=[N+]([O-])c1cccc(Br)c1.